The summed E-state index contributed by atoms with van der Waals surface area (Å²) in [6, 6.07) is 0. The van der Waals surface area contributed by atoms with Crippen LogP contribution in [-0.2, 0) is 9.47 Å². The maximum Gasteiger partial charge on any atom is 0.121 e. The topological polar surface area (TPSA) is 18.5 Å². The molecule has 0 amide bonds. The molecule has 1 aliphatic carbocycles. The third-order valence-electron chi connectivity index (χ3n) is 3.74. The quantitative estimate of drug-likeness (QED) is 0.524. The third kappa shape index (κ3) is 0.510. The Morgan fingerprint density at radius 1 is 1.09 bits per heavy atom. The Bertz CT molecular complexity index is 212. The van der Waals surface area contributed by atoms with E-state index >= 15 is 0 Å². The van der Waals surface area contributed by atoms with Gasteiger partial charge in [0.2, 0.25) is 0 Å². The minimum absolute atomic E-state index is 0.127. The molecule has 0 radical (unpaired) electrons. The van der Waals surface area contributed by atoms with Gasteiger partial charge in [0, 0.05) is 5.41 Å². The normalized spacial score (nSPS) is 57.3. The van der Waals surface area contributed by atoms with E-state index in [1.54, 1.807) is 0 Å². The van der Waals surface area contributed by atoms with Crippen molar-refractivity contribution in [2.75, 3.05) is 13.2 Å². The van der Waals surface area contributed by atoms with Crippen LogP contribution in [0.25, 0.3) is 0 Å². The molecule has 3 heterocycles. The molecule has 4 rings (SSSR count). The monoisotopic (exact) mass is 154 g/mol. The second-order valence-electron chi connectivity index (χ2n) is 4.95. The molecular weight excluding hydrogens is 140 g/mol. The van der Waals surface area contributed by atoms with Crippen molar-refractivity contribution in [1.29, 1.82) is 0 Å². The summed E-state index contributed by atoms with van der Waals surface area (Å²) in [7, 11) is 0. The second-order valence-corrected chi connectivity index (χ2v) is 4.95. The van der Waals surface area contributed by atoms with E-state index in [0.717, 1.165) is 13.2 Å². The molecule has 62 valence electrons. The van der Waals surface area contributed by atoms with Crippen LogP contribution in [0.2, 0.25) is 0 Å². The van der Waals surface area contributed by atoms with E-state index in [1.165, 1.54) is 12.8 Å². The van der Waals surface area contributed by atoms with Crippen LogP contribution in [0.4, 0.5) is 0 Å². The van der Waals surface area contributed by atoms with Crippen LogP contribution >= 0.6 is 0 Å². The van der Waals surface area contributed by atoms with E-state index in [1.807, 2.05) is 0 Å². The van der Waals surface area contributed by atoms with Crippen molar-refractivity contribution in [3.05, 3.63) is 0 Å². The lowest BCUT2D eigenvalue weighted by atomic mass is 9.57. The maximum atomic E-state index is 6.02. The smallest absolute Gasteiger partial charge is 0.121 e. The Labute approximate surface area is 66.9 Å². The summed E-state index contributed by atoms with van der Waals surface area (Å²) >= 11 is 0. The molecule has 0 aromatic carbocycles. The van der Waals surface area contributed by atoms with Gasteiger partial charge in [0.25, 0.3) is 0 Å². The van der Waals surface area contributed by atoms with Gasteiger partial charge in [-0.2, -0.15) is 0 Å². The SMILES string of the molecule is CC12CC(C)(C1)C1(COC1)O2. The van der Waals surface area contributed by atoms with Crippen molar-refractivity contribution in [1.82, 2.24) is 0 Å². The van der Waals surface area contributed by atoms with Crippen molar-refractivity contribution in [3.63, 3.8) is 0 Å². The van der Waals surface area contributed by atoms with Gasteiger partial charge in [0.05, 0.1) is 18.8 Å². The lowest BCUT2D eigenvalue weighted by molar-refractivity contribution is -0.211. The fourth-order valence-corrected chi connectivity index (χ4v) is 3.28. The highest BCUT2D eigenvalue weighted by Gasteiger charge is 2.73. The molecule has 3 saturated heterocycles. The van der Waals surface area contributed by atoms with E-state index in [4.69, 9.17) is 9.47 Å². The van der Waals surface area contributed by atoms with Gasteiger partial charge in [-0.05, 0) is 19.8 Å². The molecule has 2 bridgehead atoms. The van der Waals surface area contributed by atoms with Crippen LogP contribution in [0.1, 0.15) is 26.7 Å². The minimum atomic E-state index is 0.127. The molecule has 3 aliphatic heterocycles. The molecule has 4 aliphatic rings. The van der Waals surface area contributed by atoms with Crippen molar-refractivity contribution in [3.8, 4) is 0 Å². The Balaban J connectivity index is 1.99. The molecule has 4 fully saturated rings. The fraction of sp³-hybridized carbons (Fsp3) is 1.00. The van der Waals surface area contributed by atoms with Crippen LogP contribution < -0.4 is 0 Å². The summed E-state index contributed by atoms with van der Waals surface area (Å²) in [5.74, 6) is 0. The summed E-state index contributed by atoms with van der Waals surface area (Å²) in [4.78, 5) is 0. The summed E-state index contributed by atoms with van der Waals surface area (Å²) in [5, 5.41) is 0. The zero-order chi connectivity index (χ0) is 7.74. The molecule has 0 unspecified atom stereocenters. The van der Waals surface area contributed by atoms with Crippen LogP contribution in [-0.4, -0.2) is 24.4 Å². The van der Waals surface area contributed by atoms with E-state index in [2.05, 4.69) is 13.8 Å². The van der Waals surface area contributed by atoms with Gasteiger partial charge in [0.15, 0.2) is 0 Å². The molecule has 2 heteroatoms. The van der Waals surface area contributed by atoms with Crippen molar-refractivity contribution >= 4 is 0 Å². The van der Waals surface area contributed by atoms with Crippen LogP contribution in [0, 0.1) is 5.41 Å². The number of rotatable bonds is 0. The molecule has 1 spiro atoms. The highest BCUT2D eigenvalue weighted by molar-refractivity contribution is 5.21. The van der Waals surface area contributed by atoms with Gasteiger partial charge in [-0.15, -0.1) is 0 Å². The zero-order valence-electron chi connectivity index (χ0n) is 7.14. The molecule has 1 saturated carbocycles. The summed E-state index contributed by atoms with van der Waals surface area (Å²) in [6.07, 6.45) is 2.48. The first-order chi connectivity index (χ1) is 5.08. The van der Waals surface area contributed by atoms with Crippen molar-refractivity contribution < 1.29 is 9.47 Å². The highest BCUT2D eigenvalue weighted by atomic mass is 16.6. The average molecular weight is 154 g/mol. The number of hydrogen-bond acceptors (Lipinski definition) is 2. The highest BCUT2D eigenvalue weighted by Crippen LogP contribution is 2.68. The molecule has 2 nitrogen and oxygen atoms in total. The number of ether oxygens (including phenoxy) is 2. The minimum Gasteiger partial charge on any atom is -0.375 e. The van der Waals surface area contributed by atoms with Crippen LogP contribution in [0.5, 0.6) is 0 Å². The Kier molecular flexibility index (Phi) is 0.807. The van der Waals surface area contributed by atoms with E-state index in [-0.39, 0.29) is 11.2 Å². The first kappa shape index (κ1) is 6.44. The molecule has 0 aromatic rings. The van der Waals surface area contributed by atoms with Crippen molar-refractivity contribution in [2.45, 2.75) is 37.9 Å². The molecule has 0 N–H and O–H groups in total. The summed E-state index contributed by atoms with van der Waals surface area (Å²) in [6.45, 7) is 6.23. The maximum absolute atomic E-state index is 6.02. The van der Waals surface area contributed by atoms with Gasteiger partial charge in [-0.1, -0.05) is 6.92 Å². The molecule has 11 heavy (non-hydrogen) atoms. The molecule has 0 aromatic heterocycles. The van der Waals surface area contributed by atoms with Gasteiger partial charge in [-0.3, -0.25) is 0 Å². The van der Waals surface area contributed by atoms with Crippen molar-refractivity contribution in [2.24, 2.45) is 5.41 Å². The first-order valence-corrected chi connectivity index (χ1v) is 4.36. The van der Waals surface area contributed by atoms with Gasteiger partial charge in [-0.25, -0.2) is 0 Å². The lowest BCUT2D eigenvalue weighted by Crippen LogP contribution is -2.57. The predicted molar refractivity (Wildman–Crippen MR) is 40.4 cm³/mol. The zero-order valence-corrected chi connectivity index (χ0v) is 7.14. The van der Waals surface area contributed by atoms with Crippen LogP contribution in [0.3, 0.4) is 0 Å². The summed E-state index contributed by atoms with van der Waals surface area (Å²) in [5.41, 5.74) is 0.778. The van der Waals surface area contributed by atoms with Gasteiger partial charge < -0.3 is 9.47 Å². The van der Waals surface area contributed by atoms with Crippen LogP contribution in [0.15, 0.2) is 0 Å². The standard InChI is InChI=1S/C9H14O2/c1-7-3-8(2,4-7)11-9(7)5-10-6-9/h3-6H2,1-2H3. The lowest BCUT2D eigenvalue weighted by Gasteiger charge is -2.48. The van der Waals surface area contributed by atoms with E-state index < -0.39 is 0 Å². The van der Waals surface area contributed by atoms with Gasteiger partial charge >= 0.3 is 0 Å². The number of hydrogen-bond donors (Lipinski definition) is 0. The van der Waals surface area contributed by atoms with Gasteiger partial charge in [0.1, 0.15) is 5.60 Å². The Morgan fingerprint density at radius 2 is 1.73 bits per heavy atom. The molecule has 0 atom stereocenters. The largest absolute Gasteiger partial charge is 0.375 e. The summed E-state index contributed by atoms with van der Waals surface area (Å²) < 4.78 is 11.3. The fourth-order valence-electron chi connectivity index (χ4n) is 3.28. The van der Waals surface area contributed by atoms with E-state index in [0.29, 0.717) is 5.41 Å². The Morgan fingerprint density at radius 3 is 1.91 bits per heavy atom. The Hall–Kier alpha value is -0.0800. The predicted octanol–water partition coefficient (Wildman–Crippen LogP) is 1.34. The van der Waals surface area contributed by atoms with E-state index in [9.17, 15) is 0 Å². The average Bonchev–Trinajstić information content (AvgIpc) is 2.07. The second kappa shape index (κ2) is 1.38. The third-order valence-corrected chi connectivity index (χ3v) is 3.74. The molecular formula is C9H14O2. The first-order valence-electron chi connectivity index (χ1n) is 4.36.